The van der Waals surface area contributed by atoms with E-state index >= 15 is 0 Å². The second-order valence-electron chi connectivity index (χ2n) is 5.63. The zero-order valence-corrected chi connectivity index (χ0v) is 9.89. The van der Waals surface area contributed by atoms with Crippen molar-refractivity contribution >= 4 is 11.6 Å². The maximum Gasteiger partial charge on any atom is 0.0311 e. The number of fused-ring (bicyclic) bond motifs is 2. The molecule has 0 heterocycles. The Balaban J connectivity index is 1.94. The van der Waals surface area contributed by atoms with Gasteiger partial charge in [0.2, 0.25) is 0 Å². The van der Waals surface area contributed by atoms with Crippen LogP contribution in [0.4, 0.5) is 0 Å². The van der Waals surface area contributed by atoms with Crippen LogP contribution in [0.1, 0.15) is 39.0 Å². The summed E-state index contributed by atoms with van der Waals surface area (Å²) in [6, 6.07) is 0. The molecule has 2 aliphatic carbocycles. The van der Waals surface area contributed by atoms with Gasteiger partial charge < -0.3 is 0 Å². The standard InChI is InChI=1S/C13H21Cl/c1-3-13(2,9-14)8-12-7-10-4-5-11(12)6-10/h3,10-12H,1,4-9H2,2H3. The molecule has 2 rings (SSSR count). The van der Waals surface area contributed by atoms with Crippen molar-refractivity contribution in [2.24, 2.45) is 23.2 Å². The smallest absolute Gasteiger partial charge is 0.0311 e. The van der Waals surface area contributed by atoms with Crippen LogP contribution < -0.4 is 0 Å². The highest BCUT2D eigenvalue weighted by atomic mass is 35.5. The van der Waals surface area contributed by atoms with Gasteiger partial charge >= 0.3 is 0 Å². The molecule has 0 N–H and O–H groups in total. The van der Waals surface area contributed by atoms with Crippen molar-refractivity contribution in [3.63, 3.8) is 0 Å². The lowest BCUT2D eigenvalue weighted by atomic mass is 9.76. The topological polar surface area (TPSA) is 0 Å². The molecule has 2 saturated carbocycles. The number of allylic oxidation sites excluding steroid dienone is 1. The van der Waals surface area contributed by atoms with Crippen LogP contribution in [0, 0.1) is 23.2 Å². The molecule has 0 spiro atoms. The molecular weight excluding hydrogens is 192 g/mol. The molecule has 4 unspecified atom stereocenters. The minimum atomic E-state index is 0.177. The maximum atomic E-state index is 6.02. The molecule has 14 heavy (non-hydrogen) atoms. The summed E-state index contributed by atoms with van der Waals surface area (Å²) in [7, 11) is 0. The number of hydrogen-bond donors (Lipinski definition) is 0. The molecule has 1 heteroatoms. The molecule has 2 bridgehead atoms. The third-order valence-electron chi connectivity index (χ3n) is 4.41. The molecule has 0 aromatic heterocycles. The van der Waals surface area contributed by atoms with Crippen LogP contribution in [0.25, 0.3) is 0 Å². The van der Waals surface area contributed by atoms with Gasteiger partial charge in [-0.05, 0) is 48.9 Å². The van der Waals surface area contributed by atoms with Gasteiger partial charge in [-0.25, -0.2) is 0 Å². The minimum Gasteiger partial charge on any atom is -0.126 e. The SMILES string of the molecule is C=CC(C)(CCl)CC1CC2CCC1C2. The first kappa shape index (κ1) is 10.5. The summed E-state index contributed by atoms with van der Waals surface area (Å²) >= 11 is 6.02. The van der Waals surface area contributed by atoms with Crippen molar-refractivity contribution in [3.8, 4) is 0 Å². The summed E-state index contributed by atoms with van der Waals surface area (Å²) in [6.45, 7) is 6.17. The quantitative estimate of drug-likeness (QED) is 0.483. The average Bonchev–Trinajstić information content (AvgIpc) is 2.79. The van der Waals surface area contributed by atoms with Gasteiger partial charge in [0.05, 0.1) is 0 Å². The first-order valence-corrected chi connectivity index (χ1v) is 6.40. The third kappa shape index (κ3) is 1.86. The van der Waals surface area contributed by atoms with Gasteiger partial charge in [0.15, 0.2) is 0 Å². The van der Waals surface area contributed by atoms with Gasteiger partial charge in [-0.2, -0.15) is 0 Å². The molecule has 0 aliphatic heterocycles. The van der Waals surface area contributed by atoms with Crippen LogP contribution in [0.2, 0.25) is 0 Å². The summed E-state index contributed by atoms with van der Waals surface area (Å²) in [4.78, 5) is 0. The second kappa shape index (κ2) is 3.89. The monoisotopic (exact) mass is 212 g/mol. The fraction of sp³-hybridized carbons (Fsp3) is 0.846. The molecule has 0 radical (unpaired) electrons. The van der Waals surface area contributed by atoms with Crippen molar-refractivity contribution in [2.45, 2.75) is 39.0 Å². The highest BCUT2D eigenvalue weighted by Crippen LogP contribution is 2.52. The van der Waals surface area contributed by atoms with Gasteiger partial charge in [-0.15, -0.1) is 18.2 Å². The molecule has 0 aromatic carbocycles. The fourth-order valence-electron chi connectivity index (χ4n) is 3.42. The van der Waals surface area contributed by atoms with E-state index in [9.17, 15) is 0 Å². The number of rotatable bonds is 4. The number of hydrogen-bond acceptors (Lipinski definition) is 0. The van der Waals surface area contributed by atoms with Crippen LogP contribution in [0.5, 0.6) is 0 Å². The Labute approximate surface area is 92.7 Å². The van der Waals surface area contributed by atoms with E-state index in [1.165, 1.54) is 32.1 Å². The van der Waals surface area contributed by atoms with Crippen molar-refractivity contribution in [3.05, 3.63) is 12.7 Å². The zero-order valence-electron chi connectivity index (χ0n) is 9.14. The second-order valence-corrected chi connectivity index (χ2v) is 5.90. The van der Waals surface area contributed by atoms with E-state index in [1.54, 1.807) is 0 Å². The van der Waals surface area contributed by atoms with Gasteiger partial charge in [-0.1, -0.05) is 19.4 Å². The van der Waals surface area contributed by atoms with E-state index in [0.29, 0.717) is 0 Å². The fourth-order valence-corrected chi connectivity index (χ4v) is 3.64. The molecule has 2 aliphatic rings. The first-order chi connectivity index (χ1) is 6.67. The molecule has 2 fully saturated rings. The number of alkyl halides is 1. The predicted octanol–water partition coefficient (Wildman–Crippen LogP) is 4.24. The highest BCUT2D eigenvalue weighted by Gasteiger charge is 2.41. The van der Waals surface area contributed by atoms with Gasteiger partial charge in [0.25, 0.3) is 0 Å². The summed E-state index contributed by atoms with van der Waals surface area (Å²) in [5.41, 5.74) is 0.177. The minimum absolute atomic E-state index is 0.177. The molecule has 0 saturated heterocycles. The van der Waals surface area contributed by atoms with Crippen LogP contribution in [0.3, 0.4) is 0 Å². The Morgan fingerprint density at radius 1 is 1.43 bits per heavy atom. The van der Waals surface area contributed by atoms with Gasteiger partial charge in [0, 0.05) is 5.88 Å². The van der Waals surface area contributed by atoms with Gasteiger partial charge in [-0.3, -0.25) is 0 Å². The van der Waals surface area contributed by atoms with Gasteiger partial charge in [0.1, 0.15) is 0 Å². The molecular formula is C13H21Cl. The summed E-state index contributed by atoms with van der Waals surface area (Å²) in [5.74, 6) is 3.73. The van der Waals surface area contributed by atoms with Crippen molar-refractivity contribution in [1.29, 1.82) is 0 Å². The van der Waals surface area contributed by atoms with E-state index in [2.05, 4.69) is 19.6 Å². The molecule has 0 amide bonds. The Bertz CT molecular complexity index is 223. The Morgan fingerprint density at radius 3 is 2.64 bits per heavy atom. The molecule has 80 valence electrons. The number of halogens is 1. The van der Waals surface area contributed by atoms with E-state index in [1.807, 2.05) is 0 Å². The Kier molecular flexibility index (Phi) is 2.93. The van der Waals surface area contributed by atoms with Crippen LogP contribution >= 0.6 is 11.6 Å². The lowest BCUT2D eigenvalue weighted by Gasteiger charge is -2.31. The Hall–Kier alpha value is 0.0300. The Morgan fingerprint density at radius 2 is 2.21 bits per heavy atom. The van der Waals surface area contributed by atoms with Crippen molar-refractivity contribution in [2.75, 3.05) is 5.88 Å². The van der Waals surface area contributed by atoms with E-state index in [4.69, 9.17) is 11.6 Å². The van der Waals surface area contributed by atoms with Crippen LogP contribution in [-0.2, 0) is 0 Å². The normalized spacial score (nSPS) is 39.7. The molecule has 0 nitrogen and oxygen atoms in total. The summed E-state index contributed by atoms with van der Waals surface area (Å²) in [5, 5.41) is 0. The van der Waals surface area contributed by atoms with E-state index in [0.717, 1.165) is 23.6 Å². The van der Waals surface area contributed by atoms with E-state index in [-0.39, 0.29) is 5.41 Å². The maximum absolute atomic E-state index is 6.02. The predicted molar refractivity (Wildman–Crippen MR) is 62.6 cm³/mol. The highest BCUT2D eigenvalue weighted by molar-refractivity contribution is 6.18. The summed E-state index contributed by atoms with van der Waals surface area (Å²) in [6.07, 6.45) is 9.26. The zero-order chi connectivity index (χ0) is 10.2. The van der Waals surface area contributed by atoms with Crippen molar-refractivity contribution < 1.29 is 0 Å². The molecule has 0 aromatic rings. The van der Waals surface area contributed by atoms with Crippen LogP contribution in [0.15, 0.2) is 12.7 Å². The van der Waals surface area contributed by atoms with Crippen LogP contribution in [-0.4, -0.2) is 5.88 Å². The summed E-state index contributed by atoms with van der Waals surface area (Å²) < 4.78 is 0. The third-order valence-corrected chi connectivity index (χ3v) is 5.02. The first-order valence-electron chi connectivity index (χ1n) is 5.86. The van der Waals surface area contributed by atoms with E-state index < -0.39 is 0 Å². The lowest BCUT2D eigenvalue weighted by molar-refractivity contribution is 0.247. The average molecular weight is 213 g/mol. The van der Waals surface area contributed by atoms with Crippen molar-refractivity contribution in [1.82, 2.24) is 0 Å². The molecule has 4 atom stereocenters. The largest absolute Gasteiger partial charge is 0.126 e. The lowest BCUT2D eigenvalue weighted by Crippen LogP contribution is -2.23.